The average molecular weight is 717 g/mol. The Morgan fingerprint density at radius 1 is 0.446 bits per heavy atom. The van der Waals surface area contributed by atoms with Crippen molar-refractivity contribution in [1.82, 2.24) is 4.57 Å². The Morgan fingerprint density at radius 3 is 2.07 bits per heavy atom. The van der Waals surface area contributed by atoms with Crippen LogP contribution >= 0.6 is 0 Å². The number of furan rings is 1. The molecule has 0 bridgehead atoms. The minimum atomic E-state index is -0.124. The molecule has 56 heavy (non-hydrogen) atoms. The number of rotatable bonds is 4. The predicted octanol–water partition coefficient (Wildman–Crippen LogP) is 14.8. The van der Waals surface area contributed by atoms with Crippen LogP contribution < -0.4 is 4.90 Å². The number of hydrogen-bond donors (Lipinski definition) is 0. The maximum atomic E-state index is 6.37. The van der Waals surface area contributed by atoms with Crippen molar-refractivity contribution in [2.24, 2.45) is 0 Å². The molecule has 0 fully saturated rings. The Balaban J connectivity index is 1.17. The number of hydrogen-bond acceptors (Lipinski definition) is 2. The van der Waals surface area contributed by atoms with Gasteiger partial charge in [0.15, 0.2) is 0 Å². The topological polar surface area (TPSA) is 21.3 Å². The molecule has 0 radical (unpaired) electrons. The molecule has 11 aromatic rings. The molecule has 0 atom stereocenters. The van der Waals surface area contributed by atoms with Gasteiger partial charge >= 0.3 is 0 Å². The zero-order chi connectivity index (χ0) is 37.1. The number of para-hydroxylation sites is 2. The number of fused-ring (bicyclic) bond motifs is 12. The summed E-state index contributed by atoms with van der Waals surface area (Å²) in [5.41, 5.74) is 14.0. The third-order valence-electron chi connectivity index (χ3n) is 12.3. The molecule has 3 heteroatoms. The van der Waals surface area contributed by atoms with E-state index in [1.165, 1.54) is 60.2 Å². The largest absolute Gasteiger partial charge is 0.456 e. The first-order valence-corrected chi connectivity index (χ1v) is 19.4. The second-order valence-corrected chi connectivity index (χ2v) is 15.7. The van der Waals surface area contributed by atoms with E-state index in [0.29, 0.717) is 0 Å². The molecular formula is C53H36N2O. The van der Waals surface area contributed by atoms with Crippen molar-refractivity contribution in [3.8, 4) is 16.8 Å². The summed E-state index contributed by atoms with van der Waals surface area (Å²) in [6.07, 6.45) is 0. The van der Waals surface area contributed by atoms with E-state index in [1.54, 1.807) is 0 Å². The highest BCUT2D eigenvalue weighted by Crippen LogP contribution is 2.51. The van der Waals surface area contributed by atoms with E-state index in [-0.39, 0.29) is 5.41 Å². The first-order chi connectivity index (χ1) is 27.5. The SMILES string of the molecule is CC1(C)c2ccccc2-c2ccc(N(c3ccc4c(c3)c3c5cc6c(cc5ccc3n4-c3ccccc3)oc3ccccc36)c3cccc4ccccc34)cc21. The van der Waals surface area contributed by atoms with Crippen LogP contribution in [0.25, 0.3) is 82.1 Å². The summed E-state index contributed by atoms with van der Waals surface area (Å²) in [6.45, 7) is 4.72. The molecule has 9 aromatic carbocycles. The highest BCUT2D eigenvalue weighted by molar-refractivity contribution is 6.25. The zero-order valence-corrected chi connectivity index (χ0v) is 31.1. The third-order valence-corrected chi connectivity index (χ3v) is 12.3. The van der Waals surface area contributed by atoms with Gasteiger partial charge in [-0.15, -0.1) is 0 Å². The minimum Gasteiger partial charge on any atom is -0.456 e. The fourth-order valence-electron chi connectivity index (χ4n) is 9.71. The maximum absolute atomic E-state index is 6.37. The Morgan fingerprint density at radius 2 is 1.16 bits per heavy atom. The van der Waals surface area contributed by atoms with E-state index >= 15 is 0 Å². The van der Waals surface area contributed by atoms with Gasteiger partial charge in [-0.2, -0.15) is 0 Å². The number of nitrogens with zero attached hydrogens (tertiary/aromatic N) is 2. The molecule has 2 aromatic heterocycles. The second kappa shape index (κ2) is 11.5. The lowest BCUT2D eigenvalue weighted by molar-refractivity contribution is 0.660. The van der Waals surface area contributed by atoms with Crippen LogP contribution in [0.4, 0.5) is 17.1 Å². The van der Waals surface area contributed by atoms with Gasteiger partial charge in [-0.1, -0.05) is 123 Å². The van der Waals surface area contributed by atoms with Gasteiger partial charge in [0.1, 0.15) is 11.2 Å². The first kappa shape index (κ1) is 31.3. The van der Waals surface area contributed by atoms with Gasteiger partial charge in [-0.05, 0) is 111 Å². The Kier molecular flexibility index (Phi) is 6.40. The van der Waals surface area contributed by atoms with Crippen molar-refractivity contribution in [2.45, 2.75) is 19.3 Å². The van der Waals surface area contributed by atoms with E-state index in [1.807, 2.05) is 6.07 Å². The van der Waals surface area contributed by atoms with Crippen LogP contribution in [0.5, 0.6) is 0 Å². The van der Waals surface area contributed by atoms with Crippen LogP contribution in [0.1, 0.15) is 25.0 Å². The average Bonchev–Trinajstić information content (AvgIpc) is 3.85. The van der Waals surface area contributed by atoms with Crippen LogP contribution in [0, 0.1) is 0 Å². The van der Waals surface area contributed by atoms with Crippen molar-refractivity contribution >= 4 is 82.4 Å². The molecule has 0 N–H and O–H groups in total. The van der Waals surface area contributed by atoms with Crippen molar-refractivity contribution in [3.63, 3.8) is 0 Å². The highest BCUT2D eigenvalue weighted by atomic mass is 16.3. The third kappa shape index (κ3) is 4.34. The fraction of sp³-hybridized carbons (Fsp3) is 0.0566. The number of benzene rings is 9. The first-order valence-electron chi connectivity index (χ1n) is 19.4. The molecule has 0 spiro atoms. The minimum absolute atomic E-state index is 0.124. The molecule has 264 valence electrons. The van der Waals surface area contributed by atoms with E-state index < -0.39 is 0 Å². The number of anilines is 3. The summed E-state index contributed by atoms with van der Waals surface area (Å²) >= 11 is 0. The van der Waals surface area contributed by atoms with Crippen molar-refractivity contribution in [3.05, 3.63) is 193 Å². The Hall–Kier alpha value is -7.10. The van der Waals surface area contributed by atoms with E-state index in [2.05, 4.69) is 199 Å². The van der Waals surface area contributed by atoms with Gasteiger partial charge in [-0.25, -0.2) is 0 Å². The second-order valence-electron chi connectivity index (χ2n) is 15.7. The van der Waals surface area contributed by atoms with Crippen molar-refractivity contribution in [1.29, 1.82) is 0 Å². The molecule has 0 saturated heterocycles. The van der Waals surface area contributed by atoms with Crippen LogP contribution in [0.15, 0.2) is 186 Å². The van der Waals surface area contributed by atoms with Crippen LogP contribution in [0.2, 0.25) is 0 Å². The molecule has 0 saturated carbocycles. The lowest BCUT2D eigenvalue weighted by Crippen LogP contribution is -2.16. The Bertz CT molecular complexity index is 3400. The van der Waals surface area contributed by atoms with Gasteiger partial charge in [-0.3, -0.25) is 0 Å². The normalized spacial score (nSPS) is 13.3. The maximum Gasteiger partial charge on any atom is 0.136 e. The molecular weight excluding hydrogens is 681 g/mol. The van der Waals surface area contributed by atoms with Crippen LogP contribution in [0.3, 0.4) is 0 Å². The van der Waals surface area contributed by atoms with Gasteiger partial charge in [0, 0.05) is 49.4 Å². The van der Waals surface area contributed by atoms with Gasteiger partial charge in [0.25, 0.3) is 0 Å². The molecule has 1 aliphatic carbocycles. The molecule has 3 nitrogen and oxygen atoms in total. The monoisotopic (exact) mass is 716 g/mol. The summed E-state index contributed by atoms with van der Waals surface area (Å²) in [5, 5.41) is 9.52. The lowest BCUT2D eigenvalue weighted by Gasteiger charge is -2.29. The smallest absolute Gasteiger partial charge is 0.136 e. The highest BCUT2D eigenvalue weighted by Gasteiger charge is 2.36. The van der Waals surface area contributed by atoms with Gasteiger partial charge in [0.05, 0.1) is 16.7 Å². The zero-order valence-electron chi connectivity index (χ0n) is 31.1. The Labute approximate surface area is 324 Å². The molecule has 12 rings (SSSR count). The summed E-state index contributed by atoms with van der Waals surface area (Å²) < 4.78 is 8.79. The predicted molar refractivity (Wildman–Crippen MR) is 235 cm³/mol. The van der Waals surface area contributed by atoms with Gasteiger partial charge < -0.3 is 13.9 Å². The fourth-order valence-corrected chi connectivity index (χ4v) is 9.71. The lowest BCUT2D eigenvalue weighted by atomic mass is 9.82. The summed E-state index contributed by atoms with van der Waals surface area (Å²) in [4.78, 5) is 2.47. The van der Waals surface area contributed by atoms with Crippen LogP contribution in [-0.2, 0) is 5.41 Å². The van der Waals surface area contributed by atoms with E-state index in [0.717, 1.165) is 50.1 Å². The van der Waals surface area contributed by atoms with Crippen LogP contribution in [-0.4, -0.2) is 4.57 Å². The van der Waals surface area contributed by atoms with Crippen molar-refractivity contribution < 1.29 is 4.42 Å². The molecule has 0 aliphatic heterocycles. The van der Waals surface area contributed by atoms with E-state index in [4.69, 9.17) is 4.42 Å². The molecule has 0 amide bonds. The van der Waals surface area contributed by atoms with Crippen molar-refractivity contribution in [2.75, 3.05) is 4.90 Å². The molecule has 2 heterocycles. The molecule has 1 aliphatic rings. The number of aromatic nitrogens is 1. The molecule has 0 unspecified atom stereocenters. The van der Waals surface area contributed by atoms with E-state index in [9.17, 15) is 0 Å². The standard InChI is InChI=1S/C53H36N2O/c1-53(2)45-20-10-8-18-39(45)40-26-24-37(31-46(40)53)54(47-21-12-14-33-13-6-7-17-38(33)47)36-25-28-48-44(30-36)52-42-32-43-41-19-9-11-22-50(41)56-51(43)29-34(42)23-27-49(52)55(48)35-15-4-3-5-16-35/h3-32H,1-2H3. The summed E-state index contributed by atoms with van der Waals surface area (Å²) in [7, 11) is 0. The summed E-state index contributed by atoms with van der Waals surface area (Å²) in [6, 6.07) is 66.6. The van der Waals surface area contributed by atoms with Gasteiger partial charge in [0.2, 0.25) is 0 Å². The quantitative estimate of drug-likeness (QED) is 0.181. The summed E-state index contributed by atoms with van der Waals surface area (Å²) in [5.74, 6) is 0.